The fraction of sp³-hybridized carbons (Fsp3) is 0.571. The minimum absolute atomic E-state index is 0.0155. The predicted molar refractivity (Wildman–Crippen MR) is 62.7 cm³/mol. The maximum absolute atomic E-state index is 11.3. The summed E-state index contributed by atoms with van der Waals surface area (Å²) in [6, 6.07) is 0. The highest BCUT2D eigenvalue weighted by Gasteiger charge is 2.10. The molecule has 1 rings (SSSR count). The summed E-state index contributed by atoms with van der Waals surface area (Å²) in [5.74, 6) is 0.0522. The second kappa shape index (κ2) is 6.17. The Morgan fingerprint density at radius 1 is 1.38 bits per heavy atom. The lowest BCUT2D eigenvalue weighted by molar-refractivity contribution is 0.598. The van der Waals surface area contributed by atoms with Gasteiger partial charge in [0.25, 0.3) is 0 Å². The lowest BCUT2D eigenvalue weighted by atomic mass is 10.5. The molecule has 0 radical (unpaired) electrons. The molecule has 0 aliphatic rings. The normalized spacial score (nSPS) is 11.4. The molecule has 0 unspecified atom stereocenters. The van der Waals surface area contributed by atoms with Crippen molar-refractivity contribution in [1.29, 1.82) is 0 Å². The van der Waals surface area contributed by atoms with Gasteiger partial charge in [0.05, 0.1) is 23.4 Å². The zero-order valence-corrected chi connectivity index (χ0v) is 10.6. The lowest BCUT2D eigenvalue weighted by Crippen LogP contribution is -2.19. The van der Waals surface area contributed by atoms with Crippen LogP contribution in [0.3, 0.4) is 0 Å². The molecule has 0 atom stereocenters. The third-order valence-corrected chi connectivity index (χ3v) is 4.05. The van der Waals surface area contributed by atoms with E-state index in [0.29, 0.717) is 5.69 Å². The van der Waals surface area contributed by atoms with Crippen LogP contribution in [0.2, 0.25) is 5.15 Å². The molecule has 0 aliphatic carbocycles. The molecule has 9 heteroatoms. The van der Waals surface area contributed by atoms with Crippen LogP contribution in [0.1, 0.15) is 0 Å². The smallest absolute Gasteiger partial charge is 0.178 e. The first-order valence-corrected chi connectivity index (χ1v) is 7.12. The van der Waals surface area contributed by atoms with E-state index in [1.807, 2.05) is 0 Å². The van der Waals surface area contributed by atoms with Gasteiger partial charge in [-0.15, -0.1) is 21.8 Å². The molecule has 6 nitrogen and oxygen atoms in total. The van der Waals surface area contributed by atoms with Crippen LogP contribution in [0, 0.1) is 0 Å². The topological polar surface area (TPSA) is 84.8 Å². The fourth-order valence-electron chi connectivity index (χ4n) is 0.935. The molecule has 0 saturated heterocycles. The minimum Gasteiger partial charge on any atom is -0.380 e. The molecular formula is C7H10Cl2N4O2S. The van der Waals surface area contributed by atoms with E-state index >= 15 is 0 Å². The van der Waals surface area contributed by atoms with E-state index in [2.05, 4.69) is 20.7 Å². The van der Waals surface area contributed by atoms with E-state index in [4.69, 9.17) is 23.2 Å². The molecule has 16 heavy (non-hydrogen) atoms. The van der Waals surface area contributed by atoms with Crippen LogP contribution in [0.15, 0.2) is 6.20 Å². The predicted octanol–water partition coefficient (Wildman–Crippen LogP) is 0.591. The molecule has 90 valence electrons. The number of nitrogens with zero attached hydrogens (tertiary/aromatic N) is 3. The molecule has 1 aromatic rings. The van der Waals surface area contributed by atoms with Crippen molar-refractivity contribution < 1.29 is 8.42 Å². The largest absolute Gasteiger partial charge is 0.380 e. The molecule has 1 N–H and O–H groups in total. The first-order chi connectivity index (χ1) is 7.55. The summed E-state index contributed by atoms with van der Waals surface area (Å²) in [4.78, 5) is 0. The molecule has 1 aromatic heterocycles. The van der Waals surface area contributed by atoms with Crippen molar-refractivity contribution >= 4 is 38.7 Å². The van der Waals surface area contributed by atoms with Gasteiger partial charge in [-0.05, 0) is 5.21 Å². The first kappa shape index (κ1) is 13.4. The molecule has 0 aromatic carbocycles. The molecule has 1 heterocycles. The van der Waals surface area contributed by atoms with E-state index in [9.17, 15) is 8.42 Å². The number of alkyl halides is 1. The van der Waals surface area contributed by atoms with E-state index in [0.717, 1.165) is 0 Å². The van der Waals surface area contributed by atoms with Crippen LogP contribution in [0.25, 0.3) is 0 Å². The number of hydrogen-bond acceptors (Lipinski definition) is 6. The second-order valence-corrected chi connectivity index (χ2v) is 5.95. The summed E-state index contributed by atoms with van der Waals surface area (Å²) in [6.45, 7) is 0.228. The third-order valence-electron chi connectivity index (χ3n) is 1.71. The van der Waals surface area contributed by atoms with Crippen LogP contribution < -0.4 is 5.32 Å². The molecular weight excluding hydrogens is 275 g/mol. The fourth-order valence-corrected chi connectivity index (χ4v) is 2.64. The van der Waals surface area contributed by atoms with Crippen molar-refractivity contribution in [3.8, 4) is 0 Å². The SMILES string of the molecule is O=S(=O)(CCCl)CCNc1cnnnc1Cl. The highest BCUT2D eigenvalue weighted by molar-refractivity contribution is 7.91. The molecule has 0 spiro atoms. The maximum Gasteiger partial charge on any atom is 0.178 e. The van der Waals surface area contributed by atoms with Gasteiger partial charge in [0.1, 0.15) is 0 Å². The van der Waals surface area contributed by atoms with Gasteiger partial charge in [0.15, 0.2) is 15.0 Å². The van der Waals surface area contributed by atoms with Crippen LogP contribution in [0.4, 0.5) is 5.69 Å². The molecule has 0 bridgehead atoms. The van der Waals surface area contributed by atoms with Gasteiger partial charge in [-0.2, -0.15) is 0 Å². The first-order valence-electron chi connectivity index (χ1n) is 4.39. The molecule has 0 fully saturated rings. The minimum atomic E-state index is -3.11. The van der Waals surface area contributed by atoms with Gasteiger partial charge in [-0.1, -0.05) is 11.6 Å². The molecule has 0 saturated carbocycles. The number of anilines is 1. The summed E-state index contributed by atoms with van der Waals surface area (Å²) in [5.41, 5.74) is 0.456. The Hall–Kier alpha value is -0.660. The monoisotopic (exact) mass is 284 g/mol. The standard InChI is InChI=1S/C7H10Cl2N4O2S/c8-1-3-16(14,15)4-2-10-6-5-11-13-12-7(6)9/h5H,1-4H2,(H,10,13). The van der Waals surface area contributed by atoms with Crippen LogP contribution in [-0.4, -0.2) is 47.8 Å². The zero-order chi connectivity index (χ0) is 12.0. The van der Waals surface area contributed by atoms with Gasteiger partial charge >= 0.3 is 0 Å². The number of nitrogens with one attached hydrogen (secondary N) is 1. The van der Waals surface area contributed by atoms with Gasteiger partial charge in [-0.25, -0.2) is 8.42 Å². The summed E-state index contributed by atoms with van der Waals surface area (Å²) < 4.78 is 22.6. The second-order valence-electron chi connectivity index (χ2n) is 2.91. The van der Waals surface area contributed by atoms with Crippen molar-refractivity contribution in [2.24, 2.45) is 0 Å². The Labute approximate surface area is 103 Å². The highest BCUT2D eigenvalue weighted by Crippen LogP contribution is 2.14. The average Bonchev–Trinajstić information content (AvgIpc) is 2.20. The number of sulfone groups is 1. The van der Waals surface area contributed by atoms with Crippen molar-refractivity contribution in [3.63, 3.8) is 0 Å². The summed E-state index contributed by atoms with van der Waals surface area (Å²) in [7, 11) is -3.11. The number of hydrogen-bond donors (Lipinski definition) is 1. The number of rotatable bonds is 6. The van der Waals surface area contributed by atoms with Crippen molar-refractivity contribution in [3.05, 3.63) is 11.3 Å². The van der Waals surface area contributed by atoms with Crippen molar-refractivity contribution in [2.75, 3.05) is 29.2 Å². The van der Waals surface area contributed by atoms with E-state index < -0.39 is 9.84 Å². The number of halogens is 2. The lowest BCUT2D eigenvalue weighted by Gasteiger charge is -2.06. The van der Waals surface area contributed by atoms with E-state index in [1.54, 1.807) is 0 Å². The van der Waals surface area contributed by atoms with E-state index in [-0.39, 0.29) is 29.1 Å². The molecule has 0 amide bonds. The van der Waals surface area contributed by atoms with Crippen molar-refractivity contribution in [1.82, 2.24) is 15.4 Å². The Balaban J connectivity index is 2.45. The van der Waals surface area contributed by atoms with Gasteiger partial charge < -0.3 is 5.32 Å². The quantitative estimate of drug-likeness (QED) is 0.770. The van der Waals surface area contributed by atoms with E-state index in [1.165, 1.54) is 6.20 Å². The van der Waals surface area contributed by atoms with Gasteiger partial charge in [0.2, 0.25) is 0 Å². The van der Waals surface area contributed by atoms with Crippen LogP contribution in [-0.2, 0) is 9.84 Å². The summed E-state index contributed by atoms with van der Waals surface area (Å²) in [6.07, 6.45) is 1.38. The van der Waals surface area contributed by atoms with Gasteiger partial charge in [-0.3, -0.25) is 0 Å². The summed E-state index contributed by atoms with van der Waals surface area (Å²) in [5, 5.41) is 13.3. The van der Waals surface area contributed by atoms with Crippen LogP contribution in [0.5, 0.6) is 0 Å². The molecule has 0 aliphatic heterocycles. The maximum atomic E-state index is 11.3. The Kier molecular flexibility index (Phi) is 5.17. The Bertz CT molecular complexity index is 440. The Morgan fingerprint density at radius 3 is 2.75 bits per heavy atom. The zero-order valence-electron chi connectivity index (χ0n) is 8.23. The van der Waals surface area contributed by atoms with Crippen LogP contribution >= 0.6 is 23.2 Å². The van der Waals surface area contributed by atoms with Crippen molar-refractivity contribution in [2.45, 2.75) is 0 Å². The third kappa shape index (κ3) is 4.46. The average molecular weight is 285 g/mol. The Morgan fingerprint density at radius 2 is 2.12 bits per heavy atom. The number of aromatic nitrogens is 3. The van der Waals surface area contributed by atoms with Gasteiger partial charge in [0, 0.05) is 12.4 Å². The highest BCUT2D eigenvalue weighted by atomic mass is 35.5. The summed E-state index contributed by atoms with van der Waals surface area (Å²) >= 11 is 11.0.